The van der Waals surface area contributed by atoms with Gasteiger partial charge in [0.25, 0.3) is 0 Å². The van der Waals surface area contributed by atoms with E-state index >= 15 is 0 Å². The Balaban J connectivity index is 1.52. The number of piperidine rings is 1. The van der Waals surface area contributed by atoms with Crippen LogP contribution < -0.4 is 10.6 Å². The van der Waals surface area contributed by atoms with Crippen molar-refractivity contribution in [3.8, 4) is 0 Å². The average Bonchev–Trinajstić information content (AvgIpc) is 3.09. The Morgan fingerprint density at radius 2 is 2.16 bits per heavy atom. The first kappa shape index (κ1) is 17.8. The predicted molar refractivity (Wildman–Crippen MR) is 95.1 cm³/mol. The van der Waals surface area contributed by atoms with E-state index in [9.17, 15) is 9.59 Å². The Hall–Kier alpha value is -1.98. The number of hydrogen-bond acceptors (Lipinski definition) is 3. The van der Waals surface area contributed by atoms with E-state index in [0.29, 0.717) is 19.0 Å². The molecule has 25 heavy (non-hydrogen) atoms. The van der Waals surface area contributed by atoms with Crippen LogP contribution in [-0.4, -0.2) is 36.5 Å². The molecule has 1 saturated heterocycles. The molecule has 0 aromatic carbocycles. The van der Waals surface area contributed by atoms with E-state index in [4.69, 9.17) is 4.42 Å². The van der Waals surface area contributed by atoms with Gasteiger partial charge >= 0.3 is 6.03 Å². The number of nitrogens with zero attached hydrogens (tertiary/aromatic N) is 1. The van der Waals surface area contributed by atoms with Gasteiger partial charge in [-0.2, -0.15) is 0 Å². The smallest absolute Gasteiger partial charge is 0.317 e. The van der Waals surface area contributed by atoms with Crippen LogP contribution in [0.1, 0.15) is 56.9 Å². The van der Waals surface area contributed by atoms with Crippen molar-refractivity contribution in [3.05, 3.63) is 23.7 Å². The molecule has 0 bridgehead atoms. The van der Waals surface area contributed by atoms with Gasteiger partial charge in [0, 0.05) is 37.5 Å². The lowest BCUT2D eigenvalue weighted by atomic mass is 9.93. The quantitative estimate of drug-likeness (QED) is 0.879. The Labute approximate surface area is 149 Å². The van der Waals surface area contributed by atoms with Crippen molar-refractivity contribution in [2.45, 2.75) is 52.0 Å². The Morgan fingerprint density at radius 3 is 2.96 bits per heavy atom. The van der Waals surface area contributed by atoms with Crippen molar-refractivity contribution in [1.82, 2.24) is 15.5 Å². The van der Waals surface area contributed by atoms with Gasteiger partial charge in [0.1, 0.15) is 5.76 Å². The number of furan rings is 1. The number of likely N-dealkylation sites (tertiary alicyclic amines) is 1. The molecule has 6 nitrogen and oxygen atoms in total. The highest BCUT2D eigenvalue weighted by atomic mass is 16.3. The molecule has 3 amide bonds. The third-order valence-electron chi connectivity index (χ3n) is 5.25. The molecule has 1 aromatic heterocycles. The number of hydrogen-bond donors (Lipinski definition) is 2. The lowest BCUT2D eigenvalue weighted by Crippen LogP contribution is -2.48. The first-order valence-corrected chi connectivity index (χ1v) is 9.44. The van der Waals surface area contributed by atoms with Crippen LogP contribution in [0.2, 0.25) is 0 Å². The van der Waals surface area contributed by atoms with Crippen LogP contribution in [0.15, 0.2) is 16.7 Å². The van der Waals surface area contributed by atoms with Gasteiger partial charge in [0.2, 0.25) is 5.91 Å². The minimum absolute atomic E-state index is 0.000985. The second-order valence-corrected chi connectivity index (χ2v) is 7.55. The molecule has 1 aliphatic heterocycles. The van der Waals surface area contributed by atoms with Gasteiger partial charge < -0.3 is 20.0 Å². The summed E-state index contributed by atoms with van der Waals surface area (Å²) in [7, 11) is 0. The first-order chi connectivity index (χ1) is 12.0. The first-order valence-electron chi connectivity index (χ1n) is 9.44. The summed E-state index contributed by atoms with van der Waals surface area (Å²) in [6.45, 7) is 5.92. The molecule has 0 unspecified atom stereocenters. The van der Waals surface area contributed by atoms with Crippen molar-refractivity contribution >= 4 is 11.9 Å². The third kappa shape index (κ3) is 4.35. The Morgan fingerprint density at radius 1 is 1.32 bits per heavy atom. The average molecular weight is 347 g/mol. The highest BCUT2D eigenvalue weighted by Crippen LogP contribution is 2.30. The SMILES string of the molecule is CC(C)C(=O)NC[C@@H]1CCCN(C(=O)N[C@H]2CCCc3occc32)C1. The molecule has 0 saturated carbocycles. The number of aryl methyl sites for hydroxylation is 1. The molecular formula is C19H29N3O3. The highest BCUT2D eigenvalue weighted by Gasteiger charge is 2.28. The van der Waals surface area contributed by atoms with E-state index in [1.807, 2.05) is 24.8 Å². The van der Waals surface area contributed by atoms with Crippen LogP contribution in [-0.2, 0) is 11.2 Å². The lowest BCUT2D eigenvalue weighted by Gasteiger charge is -2.34. The lowest BCUT2D eigenvalue weighted by molar-refractivity contribution is -0.124. The summed E-state index contributed by atoms with van der Waals surface area (Å²) < 4.78 is 5.50. The number of amides is 3. The molecule has 2 heterocycles. The van der Waals surface area contributed by atoms with E-state index in [0.717, 1.165) is 50.0 Å². The van der Waals surface area contributed by atoms with Crippen LogP contribution in [0.25, 0.3) is 0 Å². The van der Waals surface area contributed by atoms with Crippen LogP contribution in [0.3, 0.4) is 0 Å². The Kier molecular flexibility index (Phi) is 5.66. The number of rotatable bonds is 4. The number of carbonyl (C=O) groups excluding carboxylic acids is 2. The van der Waals surface area contributed by atoms with E-state index in [1.165, 1.54) is 0 Å². The maximum atomic E-state index is 12.7. The minimum Gasteiger partial charge on any atom is -0.469 e. The number of carbonyl (C=O) groups is 2. The molecule has 3 rings (SSSR count). The van der Waals surface area contributed by atoms with Gasteiger partial charge in [0.15, 0.2) is 0 Å². The molecule has 1 aromatic rings. The summed E-state index contributed by atoms with van der Waals surface area (Å²) in [5.41, 5.74) is 1.12. The van der Waals surface area contributed by atoms with Gasteiger partial charge in [-0.05, 0) is 37.7 Å². The molecule has 138 valence electrons. The van der Waals surface area contributed by atoms with Crippen molar-refractivity contribution in [2.24, 2.45) is 11.8 Å². The maximum Gasteiger partial charge on any atom is 0.317 e. The summed E-state index contributed by atoms with van der Waals surface area (Å²) in [5, 5.41) is 6.17. The maximum absolute atomic E-state index is 12.7. The number of fused-ring (bicyclic) bond motifs is 1. The second kappa shape index (κ2) is 7.93. The fourth-order valence-electron chi connectivity index (χ4n) is 3.74. The van der Waals surface area contributed by atoms with Crippen molar-refractivity contribution in [1.29, 1.82) is 0 Å². The summed E-state index contributed by atoms with van der Waals surface area (Å²) in [6.07, 6.45) is 6.70. The van der Waals surface area contributed by atoms with Gasteiger partial charge in [-0.15, -0.1) is 0 Å². The zero-order valence-corrected chi connectivity index (χ0v) is 15.2. The molecule has 1 aliphatic carbocycles. The zero-order valence-electron chi connectivity index (χ0n) is 15.2. The monoisotopic (exact) mass is 347 g/mol. The fourth-order valence-corrected chi connectivity index (χ4v) is 3.74. The molecule has 0 spiro atoms. The van der Waals surface area contributed by atoms with Gasteiger partial charge in [-0.1, -0.05) is 13.8 Å². The van der Waals surface area contributed by atoms with Crippen LogP contribution in [0.5, 0.6) is 0 Å². The summed E-state index contributed by atoms with van der Waals surface area (Å²) in [5.74, 6) is 1.41. The highest BCUT2D eigenvalue weighted by molar-refractivity contribution is 5.78. The predicted octanol–water partition coefficient (Wildman–Crippen LogP) is 2.85. The van der Waals surface area contributed by atoms with Crippen molar-refractivity contribution < 1.29 is 14.0 Å². The number of urea groups is 1. The van der Waals surface area contributed by atoms with Crippen molar-refractivity contribution in [2.75, 3.05) is 19.6 Å². The molecule has 6 heteroatoms. The summed E-state index contributed by atoms with van der Waals surface area (Å²) in [6, 6.07) is 2.02. The standard InChI is InChI=1S/C19H29N3O3/c1-13(2)18(23)20-11-14-5-4-9-22(12-14)19(24)21-16-6-3-7-17-15(16)8-10-25-17/h8,10,13-14,16H,3-7,9,11-12H2,1-2H3,(H,20,23)(H,21,24)/t14-,16-/m0/s1. The van der Waals surface area contributed by atoms with E-state index in [1.54, 1.807) is 6.26 Å². The van der Waals surface area contributed by atoms with Crippen LogP contribution >= 0.6 is 0 Å². The molecule has 2 atom stereocenters. The Bertz CT molecular complexity index is 611. The van der Waals surface area contributed by atoms with Gasteiger partial charge in [-0.3, -0.25) is 4.79 Å². The van der Waals surface area contributed by atoms with E-state index < -0.39 is 0 Å². The fraction of sp³-hybridized carbons (Fsp3) is 0.684. The molecular weight excluding hydrogens is 318 g/mol. The summed E-state index contributed by atoms with van der Waals surface area (Å²) >= 11 is 0. The largest absolute Gasteiger partial charge is 0.469 e. The molecule has 1 fully saturated rings. The van der Waals surface area contributed by atoms with E-state index in [-0.39, 0.29) is 23.9 Å². The van der Waals surface area contributed by atoms with Crippen LogP contribution in [0.4, 0.5) is 4.79 Å². The third-order valence-corrected chi connectivity index (χ3v) is 5.25. The van der Waals surface area contributed by atoms with Crippen molar-refractivity contribution in [3.63, 3.8) is 0 Å². The minimum atomic E-state index is -0.00144. The van der Waals surface area contributed by atoms with Gasteiger partial charge in [0.05, 0.1) is 12.3 Å². The second-order valence-electron chi connectivity index (χ2n) is 7.55. The zero-order chi connectivity index (χ0) is 17.8. The summed E-state index contributed by atoms with van der Waals surface area (Å²) in [4.78, 5) is 26.3. The molecule has 2 N–H and O–H groups in total. The van der Waals surface area contributed by atoms with E-state index in [2.05, 4.69) is 10.6 Å². The molecule has 2 aliphatic rings. The normalized spacial score (nSPS) is 23.2. The number of nitrogens with one attached hydrogen (secondary N) is 2. The topological polar surface area (TPSA) is 74.6 Å². The van der Waals surface area contributed by atoms with Crippen LogP contribution in [0, 0.1) is 11.8 Å². The molecule has 0 radical (unpaired) electrons. The van der Waals surface area contributed by atoms with Gasteiger partial charge in [-0.25, -0.2) is 4.79 Å².